The molecule has 0 aromatic carbocycles. The van der Waals surface area contributed by atoms with Gasteiger partial charge in [-0.1, -0.05) is 0 Å². The van der Waals surface area contributed by atoms with E-state index in [4.69, 9.17) is 0 Å². The van der Waals surface area contributed by atoms with Crippen LogP contribution in [0, 0.1) is 0 Å². The van der Waals surface area contributed by atoms with Crippen molar-refractivity contribution >= 4 is 28.3 Å². The van der Waals surface area contributed by atoms with E-state index in [1.165, 1.54) is 17.1 Å². The molecular weight excluding hydrogens is 330 g/mol. The molecule has 22 heavy (non-hydrogen) atoms. The molecule has 2 atom stereocenters. The van der Waals surface area contributed by atoms with Gasteiger partial charge in [-0.05, 0) is 26.3 Å². The number of hydrogen-bond acceptors (Lipinski definition) is 5. The summed E-state index contributed by atoms with van der Waals surface area (Å²) < 4.78 is 27.6. The SMILES string of the molecule is CC1NCCCC1NC(=O)CNS(=O)(=O)c1cnn(C)c1.Cl. The van der Waals surface area contributed by atoms with Crippen molar-refractivity contribution in [1.82, 2.24) is 25.1 Å². The topological polar surface area (TPSA) is 105 Å². The zero-order valence-corrected chi connectivity index (χ0v) is 14.2. The quantitative estimate of drug-likeness (QED) is 0.655. The van der Waals surface area contributed by atoms with Crippen molar-refractivity contribution in [1.29, 1.82) is 0 Å². The van der Waals surface area contributed by atoms with Crippen LogP contribution >= 0.6 is 12.4 Å². The van der Waals surface area contributed by atoms with Crippen LogP contribution in [0.25, 0.3) is 0 Å². The second kappa shape index (κ2) is 7.91. The van der Waals surface area contributed by atoms with Crippen LogP contribution in [0.2, 0.25) is 0 Å². The maximum atomic E-state index is 11.9. The highest BCUT2D eigenvalue weighted by Crippen LogP contribution is 2.08. The van der Waals surface area contributed by atoms with Gasteiger partial charge < -0.3 is 10.6 Å². The lowest BCUT2D eigenvalue weighted by molar-refractivity contribution is -0.121. The van der Waals surface area contributed by atoms with Gasteiger partial charge in [-0.3, -0.25) is 9.48 Å². The van der Waals surface area contributed by atoms with Crippen molar-refractivity contribution in [2.75, 3.05) is 13.1 Å². The smallest absolute Gasteiger partial charge is 0.244 e. The number of nitrogens with zero attached hydrogens (tertiary/aromatic N) is 2. The Bertz CT molecular complexity index is 604. The highest BCUT2D eigenvalue weighted by molar-refractivity contribution is 7.89. The Morgan fingerprint density at radius 1 is 1.55 bits per heavy atom. The van der Waals surface area contributed by atoms with Crippen molar-refractivity contribution in [3.05, 3.63) is 12.4 Å². The maximum absolute atomic E-state index is 11.9. The predicted molar refractivity (Wildman–Crippen MR) is 84.3 cm³/mol. The molecule has 3 N–H and O–H groups in total. The number of nitrogens with one attached hydrogen (secondary N) is 3. The van der Waals surface area contributed by atoms with Gasteiger partial charge in [0.15, 0.2) is 0 Å². The molecule has 126 valence electrons. The van der Waals surface area contributed by atoms with Crippen molar-refractivity contribution < 1.29 is 13.2 Å². The Morgan fingerprint density at radius 3 is 2.86 bits per heavy atom. The zero-order chi connectivity index (χ0) is 15.5. The molecular formula is C12H22ClN5O3S. The molecule has 1 aliphatic heterocycles. The number of sulfonamides is 1. The molecule has 1 aromatic rings. The number of halogens is 1. The minimum absolute atomic E-state index is 0. The van der Waals surface area contributed by atoms with Gasteiger partial charge in [0.25, 0.3) is 0 Å². The summed E-state index contributed by atoms with van der Waals surface area (Å²) in [7, 11) is -2.07. The van der Waals surface area contributed by atoms with Crippen LogP contribution in [0.4, 0.5) is 0 Å². The molecule has 0 aliphatic carbocycles. The molecule has 10 heteroatoms. The number of rotatable bonds is 5. The minimum atomic E-state index is -3.70. The molecule has 2 rings (SSSR count). The van der Waals surface area contributed by atoms with E-state index in [1.807, 2.05) is 6.92 Å². The molecule has 1 fully saturated rings. The fraction of sp³-hybridized carbons (Fsp3) is 0.667. The molecule has 1 aliphatic rings. The van der Waals surface area contributed by atoms with E-state index in [0.717, 1.165) is 19.4 Å². The minimum Gasteiger partial charge on any atom is -0.351 e. The van der Waals surface area contributed by atoms with Crippen LogP contribution in [-0.4, -0.2) is 49.3 Å². The summed E-state index contributed by atoms with van der Waals surface area (Å²) in [6, 6.07) is 0.228. The third-order valence-electron chi connectivity index (χ3n) is 3.52. The van der Waals surface area contributed by atoms with E-state index < -0.39 is 10.0 Å². The average Bonchev–Trinajstić information content (AvgIpc) is 2.87. The average molecular weight is 352 g/mol. The normalized spacial score (nSPS) is 21.9. The third kappa shape index (κ3) is 4.94. The third-order valence-corrected chi connectivity index (χ3v) is 4.88. The lowest BCUT2D eigenvalue weighted by Gasteiger charge is -2.30. The monoisotopic (exact) mass is 351 g/mol. The predicted octanol–water partition coefficient (Wildman–Crippen LogP) is -0.623. The van der Waals surface area contributed by atoms with Crippen LogP contribution in [0.5, 0.6) is 0 Å². The number of hydrogen-bond donors (Lipinski definition) is 3. The molecule has 0 bridgehead atoms. The Morgan fingerprint density at radius 2 is 2.27 bits per heavy atom. The maximum Gasteiger partial charge on any atom is 0.244 e. The number of carbonyl (C=O) groups is 1. The first-order valence-corrected chi connectivity index (χ1v) is 8.38. The van der Waals surface area contributed by atoms with E-state index in [2.05, 4.69) is 20.5 Å². The van der Waals surface area contributed by atoms with E-state index in [1.54, 1.807) is 7.05 Å². The first-order valence-electron chi connectivity index (χ1n) is 6.89. The van der Waals surface area contributed by atoms with Gasteiger partial charge in [-0.15, -0.1) is 12.4 Å². The van der Waals surface area contributed by atoms with E-state index in [0.29, 0.717) is 0 Å². The van der Waals surface area contributed by atoms with Crippen LogP contribution in [0.1, 0.15) is 19.8 Å². The molecule has 8 nitrogen and oxygen atoms in total. The second-order valence-corrected chi connectivity index (χ2v) is 7.00. The Kier molecular flexibility index (Phi) is 6.79. The molecule has 1 aromatic heterocycles. The second-order valence-electron chi connectivity index (χ2n) is 5.23. The largest absolute Gasteiger partial charge is 0.351 e. The highest BCUT2D eigenvalue weighted by Gasteiger charge is 2.23. The standard InChI is InChI=1S/C12H21N5O3S.ClH/c1-9-11(4-3-5-13-9)16-12(18)7-15-21(19,20)10-6-14-17(2)8-10;/h6,8-9,11,13,15H,3-5,7H2,1-2H3,(H,16,18);1H. The molecule has 1 saturated heterocycles. The number of piperidine rings is 1. The van der Waals surface area contributed by atoms with Gasteiger partial charge in [0.2, 0.25) is 15.9 Å². The summed E-state index contributed by atoms with van der Waals surface area (Å²) in [5.41, 5.74) is 0. The summed E-state index contributed by atoms with van der Waals surface area (Å²) >= 11 is 0. The number of carbonyl (C=O) groups excluding carboxylic acids is 1. The summed E-state index contributed by atoms with van der Waals surface area (Å²) in [5.74, 6) is -0.331. The lowest BCUT2D eigenvalue weighted by Crippen LogP contribution is -2.53. The van der Waals surface area contributed by atoms with Crippen molar-refractivity contribution in [3.8, 4) is 0 Å². The van der Waals surface area contributed by atoms with Gasteiger partial charge in [-0.25, -0.2) is 13.1 Å². The Balaban J connectivity index is 0.00000242. The lowest BCUT2D eigenvalue weighted by atomic mass is 10.00. The molecule has 0 radical (unpaired) electrons. The van der Waals surface area contributed by atoms with E-state index in [-0.39, 0.29) is 41.8 Å². The van der Waals surface area contributed by atoms with Crippen LogP contribution in [0.3, 0.4) is 0 Å². The molecule has 1 amide bonds. The van der Waals surface area contributed by atoms with Gasteiger partial charge in [-0.2, -0.15) is 5.10 Å². The van der Waals surface area contributed by atoms with Crippen LogP contribution < -0.4 is 15.4 Å². The number of amides is 1. The van der Waals surface area contributed by atoms with Gasteiger partial charge in [0, 0.05) is 25.3 Å². The fourth-order valence-electron chi connectivity index (χ4n) is 2.28. The zero-order valence-electron chi connectivity index (χ0n) is 12.6. The Labute approximate surface area is 136 Å². The van der Waals surface area contributed by atoms with Crippen molar-refractivity contribution in [2.24, 2.45) is 7.05 Å². The molecule has 2 heterocycles. The molecule has 0 saturated carbocycles. The van der Waals surface area contributed by atoms with Gasteiger partial charge in [0.05, 0.1) is 12.7 Å². The number of aryl methyl sites for hydroxylation is 1. The summed E-state index contributed by atoms with van der Waals surface area (Å²) in [5, 5.41) is 9.92. The Hall–Kier alpha value is -1.16. The van der Waals surface area contributed by atoms with Crippen LogP contribution in [-0.2, 0) is 21.9 Å². The summed E-state index contributed by atoms with van der Waals surface area (Å²) in [6.07, 6.45) is 4.52. The highest BCUT2D eigenvalue weighted by atomic mass is 35.5. The first kappa shape index (κ1) is 18.9. The van der Waals surface area contributed by atoms with Crippen molar-refractivity contribution in [2.45, 2.75) is 36.7 Å². The van der Waals surface area contributed by atoms with Crippen LogP contribution in [0.15, 0.2) is 17.3 Å². The fourth-order valence-corrected chi connectivity index (χ4v) is 3.25. The first-order chi connectivity index (χ1) is 9.88. The van der Waals surface area contributed by atoms with Gasteiger partial charge >= 0.3 is 0 Å². The van der Waals surface area contributed by atoms with E-state index >= 15 is 0 Å². The van der Waals surface area contributed by atoms with Crippen molar-refractivity contribution in [3.63, 3.8) is 0 Å². The molecule has 2 unspecified atom stereocenters. The summed E-state index contributed by atoms with van der Waals surface area (Å²) in [6.45, 7) is 2.67. The van der Waals surface area contributed by atoms with E-state index in [9.17, 15) is 13.2 Å². The number of aromatic nitrogens is 2. The summed E-state index contributed by atoms with van der Waals surface area (Å²) in [4.78, 5) is 11.9. The van der Waals surface area contributed by atoms with Gasteiger partial charge in [0.1, 0.15) is 4.90 Å². The molecule has 0 spiro atoms.